The molecule has 0 fully saturated rings. The van der Waals surface area contributed by atoms with E-state index in [-0.39, 0.29) is 5.78 Å². The predicted octanol–water partition coefficient (Wildman–Crippen LogP) is 2.11. The van der Waals surface area contributed by atoms with E-state index in [2.05, 4.69) is 0 Å². The van der Waals surface area contributed by atoms with Crippen molar-refractivity contribution in [3.05, 3.63) is 29.8 Å². The maximum atomic E-state index is 11.7. The van der Waals surface area contributed by atoms with Crippen LogP contribution < -0.4 is 4.90 Å². The Balaban J connectivity index is 3.09. The van der Waals surface area contributed by atoms with Crippen molar-refractivity contribution < 1.29 is 19.5 Å². The minimum atomic E-state index is -1.50. The van der Waals surface area contributed by atoms with Crippen molar-refractivity contribution in [1.29, 1.82) is 0 Å². The largest absolute Gasteiger partial charge is 0.474 e. The molecule has 0 saturated carbocycles. The molecule has 1 N–H and O–H groups in total. The van der Waals surface area contributed by atoms with Gasteiger partial charge in [0.2, 0.25) is 0 Å². The molecule has 0 aliphatic carbocycles. The summed E-state index contributed by atoms with van der Waals surface area (Å²) in [6.07, 6.45) is 1.54. The first-order valence-electron chi connectivity index (χ1n) is 6.13. The molecular weight excluding hydrogens is 246 g/mol. The van der Waals surface area contributed by atoms with Gasteiger partial charge in [0, 0.05) is 17.8 Å². The van der Waals surface area contributed by atoms with E-state index in [1.54, 1.807) is 24.3 Å². The zero-order valence-electron chi connectivity index (χ0n) is 11.0. The molecule has 5 nitrogen and oxygen atoms in total. The van der Waals surface area contributed by atoms with Gasteiger partial charge < -0.3 is 10.0 Å². The highest BCUT2D eigenvalue weighted by Crippen LogP contribution is 2.18. The Hall–Kier alpha value is -2.17. The van der Waals surface area contributed by atoms with Gasteiger partial charge in [-0.1, -0.05) is 25.5 Å². The van der Waals surface area contributed by atoms with Gasteiger partial charge in [-0.25, -0.2) is 4.79 Å². The lowest BCUT2D eigenvalue weighted by Gasteiger charge is -2.21. The molecule has 0 spiro atoms. The van der Waals surface area contributed by atoms with Gasteiger partial charge >= 0.3 is 11.9 Å². The van der Waals surface area contributed by atoms with Crippen molar-refractivity contribution in [2.45, 2.75) is 26.7 Å². The number of aliphatic carboxylic acids is 1. The fourth-order valence-electron chi connectivity index (χ4n) is 1.67. The Labute approximate surface area is 111 Å². The number of carboxylic acids is 1. The molecule has 0 atom stereocenters. The molecule has 0 aliphatic rings. The van der Waals surface area contributed by atoms with Crippen LogP contribution in [0.15, 0.2) is 24.3 Å². The number of hydrogen-bond acceptors (Lipinski definition) is 3. The minimum absolute atomic E-state index is 0.125. The minimum Gasteiger partial charge on any atom is -0.474 e. The van der Waals surface area contributed by atoms with Crippen molar-refractivity contribution >= 4 is 23.3 Å². The highest BCUT2D eigenvalue weighted by Gasteiger charge is 2.22. The van der Waals surface area contributed by atoms with Crippen LogP contribution in [-0.4, -0.2) is 29.3 Å². The van der Waals surface area contributed by atoms with Crippen LogP contribution in [0.4, 0.5) is 5.69 Å². The summed E-state index contributed by atoms with van der Waals surface area (Å²) >= 11 is 0. The normalized spacial score (nSPS) is 10.0. The molecule has 0 aliphatic heterocycles. The fraction of sp³-hybridized carbons (Fsp3) is 0.357. The van der Waals surface area contributed by atoms with Gasteiger partial charge in [-0.3, -0.25) is 9.59 Å². The molecule has 0 radical (unpaired) electrons. The second-order valence-corrected chi connectivity index (χ2v) is 4.22. The van der Waals surface area contributed by atoms with Gasteiger partial charge in [0.1, 0.15) is 0 Å². The molecule has 1 aromatic rings. The average molecular weight is 263 g/mol. The van der Waals surface area contributed by atoms with Gasteiger partial charge in [-0.15, -0.1) is 0 Å². The number of anilines is 1. The van der Waals surface area contributed by atoms with Crippen LogP contribution in [0.2, 0.25) is 0 Å². The van der Waals surface area contributed by atoms with Crippen LogP contribution in [-0.2, 0) is 9.59 Å². The fourth-order valence-corrected chi connectivity index (χ4v) is 1.67. The Morgan fingerprint density at radius 1 is 1.26 bits per heavy atom. The second-order valence-electron chi connectivity index (χ2n) is 4.22. The maximum absolute atomic E-state index is 11.7. The zero-order chi connectivity index (χ0) is 14.4. The quantitative estimate of drug-likeness (QED) is 0.652. The maximum Gasteiger partial charge on any atom is 0.394 e. The summed E-state index contributed by atoms with van der Waals surface area (Å²) in [6.45, 7) is 3.70. The van der Waals surface area contributed by atoms with Crippen LogP contribution in [0.5, 0.6) is 0 Å². The van der Waals surface area contributed by atoms with Crippen molar-refractivity contribution in [3.8, 4) is 0 Å². The summed E-state index contributed by atoms with van der Waals surface area (Å²) in [5, 5.41) is 8.83. The number of Topliss-reactive ketones (excluding diaryl/α,β-unsaturated/α-hetero) is 1. The lowest BCUT2D eigenvalue weighted by molar-refractivity contribution is -0.148. The third-order valence-corrected chi connectivity index (χ3v) is 2.73. The van der Waals surface area contributed by atoms with Crippen molar-refractivity contribution in [1.82, 2.24) is 0 Å². The summed E-state index contributed by atoms with van der Waals surface area (Å²) in [4.78, 5) is 35.0. The number of amides is 1. The molecule has 1 aromatic carbocycles. The summed E-state index contributed by atoms with van der Waals surface area (Å²) in [5.74, 6) is -2.60. The molecule has 1 rings (SSSR count). The number of ketones is 1. The molecule has 19 heavy (non-hydrogen) atoms. The van der Waals surface area contributed by atoms with Crippen LogP contribution in [0.3, 0.4) is 0 Å². The lowest BCUT2D eigenvalue weighted by Crippen LogP contribution is -2.37. The molecule has 0 bridgehead atoms. The van der Waals surface area contributed by atoms with Crippen LogP contribution >= 0.6 is 0 Å². The number of rotatable bonds is 5. The lowest BCUT2D eigenvalue weighted by atomic mass is 10.1. The van der Waals surface area contributed by atoms with E-state index in [9.17, 15) is 14.4 Å². The number of carbonyl (C=O) groups is 3. The Morgan fingerprint density at radius 2 is 1.95 bits per heavy atom. The Kier molecular flexibility index (Phi) is 5.23. The van der Waals surface area contributed by atoms with E-state index in [4.69, 9.17) is 5.11 Å². The highest BCUT2D eigenvalue weighted by molar-refractivity contribution is 6.37. The first kappa shape index (κ1) is 14.9. The van der Waals surface area contributed by atoms with Crippen molar-refractivity contribution in [3.63, 3.8) is 0 Å². The Bertz CT molecular complexity index is 496. The number of unbranched alkanes of at least 4 members (excludes halogenated alkanes) is 1. The summed E-state index contributed by atoms with van der Waals surface area (Å²) < 4.78 is 0. The summed E-state index contributed by atoms with van der Waals surface area (Å²) in [5.41, 5.74) is 0.894. The molecule has 102 valence electrons. The smallest absolute Gasteiger partial charge is 0.394 e. The van der Waals surface area contributed by atoms with Gasteiger partial charge in [0.15, 0.2) is 5.78 Å². The highest BCUT2D eigenvalue weighted by atomic mass is 16.4. The molecule has 0 aromatic heterocycles. The number of carbonyl (C=O) groups excluding carboxylic acids is 2. The SMILES string of the molecule is CCCCN(C(=O)C(=O)O)c1cccc(C(C)=O)c1. The topological polar surface area (TPSA) is 74.7 Å². The van der Waals surface area contributed by atoms with Crippen LogP contribution in [0.25, 0.3) is 0 Å². The van der Waals surface area contributed by atoms with Crippen molar-refractivity contribution in [2.75, 3.05) is 11.4 Å². The van der Waals surface area contributed by atoms with Crippen molar-refractivity contribution in [2.24, 2.45) is 0 Å². The van der Waals surface area contributed by atoms with E-state index in [1.165, 1.54) is 11.8 Å². The van der Waals surface area contributed by atoms with E-state index >= 15 is 0 Å². The second kappa shape index (κ2) is 6.68. The van der Waals surface area contributed by atoms with Gasteiger partial charge in [0.25, 0.3) is 0 Å². The van der Waals surface area contributed by atoms with Crippen LogP contribution in [0.1, 0.15) is 37.0 Å². The number of nitrogens with zero attached hydrogens (tertiary/aromatic N) is 1. The molecule has 0 unspecified atom stereocenters. The van der Waals surface area contributed by atoms with E-state index in [1.807, 2.05) is 6.92 Å². The monoisotopic (exact) mass is 263 g/mol. The summed E-state index contributed by atoms with van der Waals surface area (Å²) in [7, 11) is 0. The van der Waals surface area contributed by atoms with Crippen LogP contribution in [0, 0.1) is 0 Å². The first-order chi connectivity index (χ1) is 8.97. The van der Waals surface area contributed by atoms with Gasteiger partial charge in [-0.2, -0.15) is 0 Å². The average Bonchev–Trinajstić information content (AvgIpc) is 2.39. The van der Waals surface area contributed by atoms with E-state index < -0.39 is 11.9 Å². The van der Waals surface area contributed by atoms with E-state index in [0.717, 1.165) is 6.42 Å². The number of hydrogen-bond donors (Lipinski definition) is 1. The molecule has 0 saturated heterocycles. The van der Waals surface area contributed by atoms with Gasteiger partial charge in [0.05, 0.1) is 0 Å². The third-order valence-electron chi connectivity index (χ3n) is 2.73. The molecule has 0 heterocycles. The zero-order valence-corrected chi connectivity index (χ0v) is 11.0. The summed E-state index contributed by atoms with van der Waals surface area (Å²) in [6, 6.07) is 6.44. The number of benzene rings is 1. The van der Waals surface area contributed by atoms with E-state index in [0.29, 0.717) is 24.2 Å². The standard InChI is InChI=1S/C14H17NO4/c1-3-4-8-15(13(17)14(18)19)12-7-5-6-11(9-12)10(2)16/h5-7,9H,3-4,8H2,1-2H3,(H,18,19). The molecule has 5 heteroatoms. The number of carboxylic acid groups (broad SMARTS) is 1. The molecule has 1 amide bonds. The van der Waals surface area contributed by atoms with Gasteiger partial charge in [-0.05, 0) is 25.5 Å². The molecular formula is C14H17NO4. The predicted molar refractivity (Wildman–Crippen MR) is 71.3 cm³/mol. The Morgan fingerprint density at radius 3 is 2.47 bits per heavy atom. The first-order valence-corrected chi connectivity index (χ1v) is 6.13. The third kappa shape index (κ3) is 3.91.